The van der Waals surface area contributed by atoms with Gasteiger partial charge < -0.3 is 5.73 Å². The van der Waals surface area contributed by atoms with E-state index in [9.17, 15) is 9.18 Å². The van der Waals surface area contributed by atoms with Gasteiger partial charge in [-0.15, -0.1) is 0 Å². The summed E-state index contributed by atoms with van der Waals surface area (Å²) in [6.07, 6.45) is 3.65. The molecule has 2 aromatic rings. The van der Waals surface area contributed by atoms with Crippen LogP contribution in [0, 0.1) is 5.82 Å². The Morgan fingerprint density at radius 2 is 2.18 bits per heavy atom. The molecule has 0 spiro atoms. The van der Waals surface area contributed by atoms with Crippen LogP contribution in [-0.4, -0.2) is 20.7 Å². The molecule has 0 aliphatic heterocycles. The Morgan fingerprint density at radius 1 is 1.36 bits per heavy atom. The first-order valence-electron chi connectivity index (χ1n) is 7.58. The van der Waals surface area contributed by atoms with Gasteiger partial charge in [-0.25, -0.2) is 14.1 Å². The number of aryl methyl sites for hydroxylation is 2. The van der Waals surface area contributed by atoms with Gasteiger partial charge in [-0.2, -0.15) is 5.10 Å². The molecule has 1 amide bonds. The molecule has 6 heteroatoms. The predicted octanol–water partition coefficient (Wildman–Crippen LogP) is 2.69. The predicted molar refractivity (Wildman–Crippen MR) is 82.5 cm³/mol. The van der Waals surface area contributed by atoms with E-state index in [1.54, 1.807) is 12.1 Å². The van der Waals surface area contributed by atoms with E-state index < -0.39 is 0 Å². The highest BCUT2D eigenvalue weighted by Crippen LogP contribution is 2.18. The zero-order valence-electron chi connectivity index (χ0n) is 12.8. The van der Waals surface area contributed by atoms with Crippen LogP contribution in [0.1, 0.15) is 38.4 Å². The highest BCUT2D eigenvalue weighted by Gasteiger charge is 2.12. The number of aromatic nitrogens is 3. The summed E-state index contributed by atoms with van der Waals surface area (Å²) in [6.45, 7) is 2.88. The smallest absolute Gasteiger partial charge is 0.217 e. The third-order valence-corrected chi connectivity index (χ3v) is 3.38. The van der Waals surface area contributed by atoms with Gasteiger partial charge in [0.15, 0.2) is 5.82 Å². The minimum atomic E-state index is -0.315. The van der Waals surface area contributed by atoms with Gasteiger partial charge in [0, 0.05) is 24.9 Å². The van der Waals surface area contributed by atoms with Gasteiger partial charge in [0.05, 0.1) is 0 Å². The standard InChI is InChI=1S/C16H21FN4O/c1-2-3-10-21-15(9-5-8-14(18)22)19-16(20-21)12-6-4-7-13(17)11-12/h4,6-7,11H,2-3,5,8-10H2,1H3,(H2,18,22). The summed E-state index contributed by atoms with van der Waals surface area (Å²) in [6, 6.07) is 6.25. The number of hydrogen-bond donors (Lipinski definition) is 1. The number of halogens is 1. The Kier molecular flexibility index (Phi) is 5.63. The molecule has 2 rings (SSSR count). The van der Waals surface area contributed by atoms with Gasteiger partial charge in [0.2, 0.25) is 5.91 Å². The number of carbonyl (C=O) groups excluding carboxylic acids is 1. The number of nitrogens with zero attached hydrogens (tertiary/aromatic N) is 3. The van der Waals surface area contributed by atoms with Crippen molar-refractivity contribution in [1.82, 2.24) is 14.8 Å². The molecule has 1 aromatic carbocycles. The lowest BCUT2D eigenvalue weighted by atomic mass is 10.2. The van der Waals surface area contributed by atoms with E-state index in [0.29, 0.717) is 30.7 Å². The molecule has 118 valence electrons. The molecule has 5 nitrogen and oxygen atoms in total. The first-order chi connectivity index (χ1) is 10.6. The van der Waals surface area contributed by atoms with Crippen LogP contribution in [0.2, 0.25) is 0 Å². The highest BCUT2D eigenvalue weighted by atomic mass is 19.1. The first-order valence-corrected chi connectivity index (χ1v) is 7.58. The maximum atomic E-state index is 13.3. The molecule has 1 aromatic heterocycles. The fraction of sp³-hybridized carbons (Fsp3) is 0.438. The van der Waals surface area contributed by atoms with Gasteiger partial charge in [0.25, 0.3) is 0 Å². The van der Waals surface area contributed by atoms with Crippen molar-refractivity contribution in [2.45, 2.75) is 45.6 Å². The summed E-state index contributed by atoms with van der Waals surface area (Å²) >= 11 is 0. The zero-order chi connectivity index (χ0) is 15.9. The average molecular weight is 304 g/mol. The molecule has 0 bridgehead atoms. The molecule has 2 N–H and O–H groups in total. The second-order valence-electron chi connectivity index (χ2n) is 5.26. The summed E-state index contributed by atoms with van der Waals surface area (Å²) in [4.78, 5) is 15.4. The summed E-state index contributed by atoms with van der Waals surface area (Å²) in [5.74, 6) is 0.710. The van der Waals surface area contributed by atoms with E-state index in [2.05, 4.69) is 17.0 Å². The molecule has 22 heavy (non-hydrogen) atoms. The van der Waals surface area contributed by atoms with Crippen molar-refractivity contribution in [3.05, 3.63) is 35.9 Å². The number of amides is 1. The molecular weight excluding hydrogens is 283 g/mol. The maximum Gasteiger partial charge on any atom is 0.217 e. The number of carbonyl (C=O) groups is 1. The zero-order valence-corrected chi connectivity index (χ0v) is 12.8. The van der Waals surface area contributed by atoms with E-state index in [0.717, 1.165) is 25.2 Å². The molecular formula is C16H21FN4O. The third-order valence-electron chi connectivity index (χ3n) is 3.38. The number of primary amides is 1. The molecule has 1 heterocycles. The molecule has 0 saturated carbocycles. The Balaban J connectivity index is 2.20. The normalized spacial score (nSPS) is 10.8. The largest absolute Gasteiger partial charge is 0.370 e. The van der Waals surface area contributed by atoms with Crippen molar-refractivity contribution in [3.8, 4) is 11.4 Å². The van der Waals surface area contributed by atoms with Crippen LogP contribution in [0.4, 0.5) is 4.39 Å². The number of rotatable bonds is 8. The molecule has 0 radical (unpaired) electrons. The highest BCUT2D eigenvalue weighted by molar-refractivity contribution is 5.73. The topological polar surface area (TPSA) is 73.8 Å². The monoisotopic (exact) mass is 304 g/mol. The first kappa shape index (κ1) is 16.1. The molecule has 0 saturated heterocycles. The number of unbranched alkanes of at least 4 members (excludes halogenated alkanes) is 1. The van der Waals surface area contributed by atoms with E-state index in [4.69, 9.17) is 5.73 Å². The van der Waals surface area contributed by atoms with Crippen LogP contribution in [0.5, 0.6) is 0 Å². The van der Waals surface area contributed by atoms with Crippen molar-refractivity contribution in [2.24, 2.45) is 5.73 Å². The Hall–Kier alpha value is -2.24. The fourth-order valence-electron chi connectivity index (χ4n) is 2.22. The maximum absolute atomic E-state index is 13.3. The Labute approximate surface area is 129 Å². The number of nitrogens with two attached hydrogens (primary N) is 1. The fourth-order valence-corrected chi connectivity index (χ4v) is 2.22. The quantitative estimate of drug-likeness (QED) is 0.815. The van der Waals surface area contributed by atoms with Crippen LogP contribution in [0.25, 0.3) is 11.4 Å². The van der Waals surface area contributed by atoms with Crippen molar-refractivity contribution in [1.29, 1.82) is 0 Å². The van der Waals surface area contributed by atoms with E-state index in [1.807, 2.05) is 4.68 Å². The average Bonchev–Trinajstić information content (AvgIpc) is 2.88. The van der Waals surface area contributed by atoms with Crippen molar-refractivity contribution >= 4 is 5.91 Å². The van der Waals surface area contributed by atoms with Crippen molar-refractivity contribution in [2.75, 3.05) is 0 Å². The van der Waals surface area contributed by atoms with Crippen LogP contribution in [0.3, 0.4) is 0 Å². The number of hydrogen-bond acceptors (Lipinski definition) is 3. The minimum Gasteiger partial charge on any atom is -0.370 e. The summed E-state index contributed by atoms with van der Waals surface area (Å²) in [5.41, 5.74) is 5.82. The van der Waals surface area contributed by atoms with E-state index >= 15 is 0 Å². The molecule has 0 aliphatic carbocycles. The lowest BCUT2D eigenvalue weighted by Crippen LogP contribution is -2.11. The van der Waals surface area contributed by atoms with Crippen LogP contribution >= 0.6 is 0 Å². The van der Waals surface area contributed by atoms with Gasteiger partial charge in [-0.05, 0) is 25.0 Å². The van der Waals surface area contributed by atoms with Gasteiger partial charge in [-0.1, -0.05) is 25.5 Å². The van der Waals surface area contributed by atoms with E-state index in [-0.39, 0.29) is 11.7 Å². The van der Waals surface area contributed by atoms with Gasteiger partial charge >= 0.3 is 0 Å². The van der Waals surface area contributed by atoms with Gasteiger partial charge in [0.1, 0.15) is 11.6 Å². The van der Waals surface area contributed by atoms with Crippen molar-refractivity contribution < 1.29 is 9.18 Å². The van der Waals surface area contributed by atoms with Crippen molar-refractivity contribution in [3.63, 3.8) is 0 Å². The SMILES string of the molecule is CCCCn1nc(-c2cccc(F)c2)nc1CCCC(N)=O. The second kappa shape index (κ2) is 7.68. The molecule has 0 fully saturated rings. The number of benzene rings is 1. The van der Waals surface area contributed by atoms with Gasteiger partial charge in [-0.3, -0.25) is 4.79 Å². The third kappa shape index (κ3) is 4.38. The molecule has 0 aliphatic rings. The lowest BCUT2D eigenvalue weighted by molar-refractivity contribution is -0.118. The van der Waals surface area contributed by atoms with Crippen LogP contribution < -0.4 is 5.73 Å². The lowest BCUT2D eigenvalue weighted by Gasteiger charge is -2.03. The van der Waals surface area contributed by atoms with Crippen LogP contribution in [0.15, 0.2) is 24.3 Å². The minimum absolute atomic E-state index is 0.308. The second-order valence-corrected chi connectivity index (χ2v) is 5.26. The summed E-state index contributed by atoms with van der Waals surface area (Å²) < 4.78 is 15.2. The summed E-state index contributed by atoms with van der Waals surface area (Å²) in [5, 5.41) is 4.48. The summed E-state index contributed by atoms with van der Waals surface area (Å²) in [7, 11) is 0. The molecule has 0 unspecified atom stereocenters. The van der Waals surface area contributed by atoms with E-state index in [1.165, 1.54) is 12.1 Å². The Bertz CT molecular complexity index is 639. The van der Waals surface area contributed by atoms with Crippen LogP contribution in [-0.2, 0) is 17.8 Å². The molecule has 0 atom stereocenters. The Morgan fingerprint density at radius 3 is 2.86 bits per heavy atom.